The predicted molar refractivity (Wildman–Crippen MR) is 122 cm³/mol. The van der Waals surface area contributed by atoms with E-state index in [1.54, 1.807) is 6.07 Å². The molecule has 154 valence electrons. The SMILES string of the molecule is N#Cc1ccc2[nH]c(=O)c(-c3nc4ccccc4[nH]3)c(NC3CC4CCC3CC4)c2c1. The summed E-state index contributed by atoms with van der Waals surface area (Å²) in [4.78, 5) is 24.3. The van der Waals surface area contributed by atoms with Crippen molar-refractivity contribution in [3.8, 4) is 17.5 Å². The lowest BCUT2D eigenvalue weighted by Crippen LogP contribution is -2.40. The number of rotatable bonds is 3. The van der Waals surface area contributed by atoms with E-state index in [0.29, 0.717) is 28.9 Å². The number of pyridine rings is 1. The number of para-hydroxylation sites is 2. The number of fused-ring (bicyclic) bond motifs is 5. The van der Waals surface area contributed by atoms with Crippen molar-refractivity contribution in [1.82, 2.24) is 15.0 Å². The second-order valence-corrected chi connectivity index (χ2v) is 8.95. The lowest BCUT2D eigenvalue weighted by Gasteiger charge is -2.43. The highest BCUT2D eigenvalue weighted by Gasteiger charge is 2.36. The Bertz CT molecular complexity index is 1370. The van der Waals surface area contributed by atoms with Gasteiger partial charge in [-0.05, 0) is 61.4 Å². The summed E-state index contributed by atoms with van der Waals surface area (Å²) in [6.07, 6.45) is 6.25. The van der Waals surface area contributed by atoms with Gasteiger partial charge in [-0.3, -0.25) is 4.79 Å². The maximum atomic E-state index is 13.3. The van der Waals surface area contributed by atoms with Crippen LogP contribution >= 0.6 is 0 Å². The van der Waals surface area contributed by atoms with E-state index in [4.69, 9.17) is 4.98 Å². The van der Waals surface area contributed by atoms with E-state index >= 15 is 0 Å². The Hall–Kier alpha value is -3.59. The second kappa shape index (κ2) is 6.98. The van der Waals surface area contributed by atoms with E-state index in [-0.39, 0.29) is 5.56 Å². The Morgan fingerprint density at radius 1 is 1.03 bits per heavy atom. The Kier molecular flexibility index (Phi) is 4.10. The summed E-state index contributed by atoms with van der Waals surface area (Å²) in [6, 6.07) is 15.8. The molecule has 3 saturated carbocycles. The van der Waals surface area contributed by atoms with E-state index in [9.17, 15) is 10.1 Å². The molecule has 1 atom stereocenters. The van der Waals surface area contributed by atoms with Crippen LogP contribution in [0.25, 0.3) is 33.3 Å². The summed E-state index contributed by atoms with van der Waals surface area (Å²) >= 11 is 0. The molecule has 3 N–H and O–H groups in total. The molecule has 0 aliphatic heterocycles. The molecule has 4 aromatic rings. The molecule has 3 aliphatic rings. The van der Waals surface area contributed by atoms with Gasteiger partial charge in [0.15, 0.2) is 0 Å². The number of hydrogen-bond donors (Lipinski definition) is 3. The van der Waals surface area contributed by atoms with Crippen LogP contribution in [0, 0.1) is 23.2 Å². The highest BCUT2D eigenvalue weighted by molar-refractivity contribution is 5.99. The van der Waals surface area contributed by atoms with E-state index in [0.717, 1.165) is 40.0 Å². The standard InChI is InChI=1S/C25H23N5O/c26-13-15-7-10-18-17(11-15)23(27-21-12-14-5-8-16(21)9-6-14)22(25(31)30-18)24-28-19-3-1-2-4-20(19)29-24/h1-4,7,10-11,14,16,21H,5-6,8-9,12H2,(H,28,29)(H2,27,30,31). The molecule has 0 radical (unpaired) electrons. The average Bonchev–Trinajstić information content (AvgIpc) is 3.23. The molecule has 31 heavy (non-hydrogen) atoms. The van der Waals surface area contributed by atoms with Crippen molar-refractivity contribution in [3.05, 3.63) is 58.4 Å². The van der Waals surface area contributed by atoms with Gasteiger partial charge in [-0.15, -0.1) is 0 Å². The number of benzene rings is 2. The summed E-state index contributed by atoms with van der Waals surface area (Å²) in [6.45, 7) is 0. The Morgan fingerprint density at radius 2 is 1.87 bits per heavy atom. The third kappa shape index (κ3) is 3.00. The molecule has 7 rings (SSSR count). The summed E-state index contributed by atoms with van der Waals surface area (Å²) < 4.78 is 0. The molecule has 1 unspecified atom stereocenters. The zero-order chi connectivity index (χ0) is 20.9. The topological polar surface area (TPSA) is 97.4 Å². The number of nitriles is 1. The van der Waals surface area contributed by atoms with Gasteiger partial charge in [0.05, 0.1) is 33.9 Å². The van der Waals surface area contributed by atoms with Gasteiger partial charge in [-0.2, -0.15) is 5.26 Å². The van der Waals surface area contributed by atoms with Gasteiger partial charge < -0.3 is 15.3 Å². The van der Waals surface area contributed by atoms with Crippen molar-refractivity contribution in [1.29, 1.82) is 5.26 Å². The van der Waals surface area contributed by atoms with Crippen LogP contribution in [0.5, 0.6) is 0 Å². The number of aromatic amines is 2. The molecule has 0 spiro atoms. The van der Waals surface area contributed by atoms with Gasteiger partial charge in [0.2, 0.25) is 0 Å². The van der Waals surface area contributed by atoms with Crippen LogP contribution in [0.15, 0.2) is 47.3 Å². The molecule has 0 amide bonds. The molecular formula is C25H23N5O. The van der Waals surface area contributed by atoms with E-state index in [2.05, 4.69) is 21.4 Å². The van der Waals surface area contributed by atoms with Crippen molar-refractivity contribution in [3.63, 3.8) is 0 Å². The number of nitrogens with one attached hydrogen (secondary N) is 3. The maximum absolute atomic E-state index is 13.3. The molecule has 3 fully saturated rings. The minimum atomic E-state index is -0.181. The van der Waals surface area contributed by atoms with Gasteiger partial charge in [0.25, 0.3) is 5.56 Å². The van der Waals surface area contributed by atoms with Crippen molar-refractivity contribution in [2.24, 2.45) is 11.8 Å². The minimum Gasteiger partial charge on any atom is -0.381 e. The smallest absolute Gasteiger partial charge is 0.261 e. The van der Waals surface area contributed by atoms with Gasteiger partial charge in [0.1, 0.15) is 11.4 Å². The van der Waals surface area contributed by atoms with Crippen LogP contribution in [-0.4, -0.2) is 21.0 Å². The summed E-state index contributed by atoms with van der Waals surface area (Å²) in [7, 11) is 0. The highest BCUT2D eigenvalue weighted by Crippen LogP contribution is 2.43. The molecule has 3 aliphatic carbocycles. The van der Waals surface area contributed by atoms with Crippen LogP contribution in [0.4, 0.5) is 5.69 Å². The average molecular weight is 409 g/mol. The molecule has 6 nitrogen and oxygen atoms in total. The summed E-state index contributed by atoms with van der Waals surface area (Å²) in [5.41, 5.74) is 4.14. The van der Waals surface area contributed by atoms with Crippen LogP contribution in [-0.2, 0) is 0 Å². The summed E-state index contributed by atoms with van der Waals surface area (Å²) in [5, 5.41) is 14.1. The maximum Gasteiger partial charge on any atom is 0.261 e. The number of H-pyrrole nitrogens is 2. The zero-order valence-electron chi connectivity index (χ0n) is 17.1. The van der Waals surface area contributed by atoms with Crippen molar-refractivity contribution >= 4 is 27.6 Å². The zero-order valence-corrected chi connectivity index (χ0v) is 17.1. The lowest BCUT2D eigenvalue weighted by atomic mass is 9.68. The number of imidazole rings is 1. The Morgan fingerprint density at radius 3 is 2.61 bits per heavy atom. The highest BCUT2D eigenvalue weighted by atomic mass is 16.1. The van der Waals surface area contributed by atoms with Gasteiger partial charge in [-0.25, -0.2) is 4.98 Å². The fourth-order valence-electron chi connectivity index (χ4n) is 5.55. The van der Waals surface area contributed by atoms with Crippen molar-refractivity contribution in [2.75, 3.05) is 5.32 Å². The number of anilines is 1. The number of aromatic nitrogens is 3. The molecule has 0 saturated heterocycles. The van der Waals surface area contributed by atoms with Gasteiger partial charge >= 0.3 is 0 Å². The molecular weight excluding hydrogens is 386 g/mol. The predicted octanol–water partition coefficient (Wildman–Crippen LogP) is 4.93. The molecule has 6 heteroatoms. The molecule has 2 aromatic heterocycles. The van der Waals surface area contributed by atoms with Crippen molar-refractivity contribution in [2.45, 2.75) is 38.1 Å². The normalized spacial score (nSPS) is 22.6. The number of nitrogens with zero attached hydrogens (tertiary/aromatic N) is 2. The quantitative estimate of drug-likeness (QED) is 0.447. The minimum absolute atomic E-state index is 0.181. The first-order chi connectivity index (χ1) is 15.2. The van der Waals surface area contributed by atoms with Crippen molar-refractivity contribution < 1.29 is 0 Å². The number of hydrogen-bond acceptors (Lipinski definition) is 4. The van der Waals surface area contributed by atoms with E-state index in [1.807, 2.05) is 36.4 Å². The van der Waals surface area contributed by atoms with Crippen LogP contribution in [0.2, 0.25) is 0 Å². The molecule has 2 heterocycles. The summed E-state index contributed by atoms with van der Waals surface area (Å²) in [5.74, 6) is 1.94. The monoisotopic (exact) mass is 409 g/mol. The molecule has 2 aromatic carbocycles. The first-order valence-electron chi connectivity index (χ1n) is 11.0. The van der Waals surface area contributed by atoms with Gasteiger partial charge in [-0.1, -0.05) is 25.0 Å². The Labute approximate surface area is 179 Å². The Balaban J connectivity index is 1.58. The van der Waals surface area contributed by atoms with Crippen LogP contribution in [0.1, 0.15) is 37.7 Å². The first-order valence-corrected chi connectivity index (χ1v) is 11.0. The van der Waals surface area contributed by atoms with Crippen LogP contribution in [0.3, 0.4) is 0 Å². The van der Waals surface area contributed by atoms with E-state index < -0.39 is 0 Å². The van der Waals surface area contributed by atoms with Gasteiger partial charge in [0, 0.05) is 11.4 Å². The fourth-order valence-corrected chi connectivity index (χ4v) is 5.55. The molecule has 2 bridgehead atoms. The van der Waals surface area contributed by atoms with E-state index in [1.165, 1.54) is 25.7 Å². The first kappa shape index (κ1) is 18.2. The lowest BCUT2D eigenvalue weighted by molar-refractivity contribution is 0.158. The third-order valence-corrected chi connectivity index (χ3v) is 7.15. The fraction of sp³-hybridized carbons (Fsp3) is 0.320. The van der Waals surface area contributed by atoms with Crippen LogP contribution < -0.4 is 10.9 Å². The largest absolute Gasteiger partial charge is 0.381 e. The second-order valence-electron chi connectivity index (χ2n) is 8.95. The third-order valence-electron chi connectivity index (χ3n) is 7.15.